The summed E-state index contributed by atoms with van der Waals surface area (Å²) in [5.41, 5.74) is 1.53. The van der Waals surface area contributed by atoms with Crippen LogP contribution in [0.25, 0.3) is 11.3 Å². The predicted molar refractivity (Wildman–Crippen MR) is 96.1 cm³/mol. The van der Waals surface area contributed by atoms with Crippen molar-refractivity contribution in [2.45, 2.75) is 5.25 Å². The van der Waals surface area contributed by atoms with Crippen molar-refractivity contribution < 1.29 is 13.6 Å². The minimum Gasteiger partial charge on any atom is -0.459 e. The van der Waals surface area contributed by atoms with Gasteiger partial charge in [0.2, 0.25) is 5.91 Å². The number of benzene rings is 2. The average Bonchev–Trinajstić information content (AvgIpc) is 3.23. The Morgan fingerprint density at radius 3 is 2.52 bits per heavy atom. The Labute approximate surface area is 147 Å². The zero-order valence-electron chi connectivity index (χ0n) is 13.0. The highest BCUT2D eigenvalue weighted by atomic mass is 32.2. The number of hydrogen-bond acceptors (Lipinski definition) is 4. The number of nitrogens with one attached hydrogen (secondary N) is 1. The van der Waals surface area contributed by atoms with Crippen LogP contribution in [0.5, 0.6) is 0 Å². The number of aliphatic imine (C=N–C) groups is 1. The molecular formula is C19H13FN2O2S. The van der Waals surface area contributed by atoms with Crippen molar-refractivity contribution in [1.82, 2.24) is 5.32 Å². The van der Waals surface area contributed by atoms with Gasteiger partial charge in [-0.1, -0.05) is 30.0 Å². The monoisotopic (exact) mass is 352 g/mol. The quantitative estimate of drug-likeness (QED) is 0.745. The van der Waals surface area contributed by atoms with Crippen LogP contribution in [0.4, 0.5) is 10.1 Å². The molecule has 1 N–H and O–H groups in total. The molecule has 6 heteroatoms. The van der Waals surface area contributed by atoms with Crippen LogP contribution in [0.15, 0.2) is 76.1 Å². The van der Waals surface area contributed by atoms with Gasteiger partial charge in [0.15, 0.2) is 5.17 Å². The number of hydrogen-bond donors (Lipinski definition) is 1. The third kappa shape index (κ3) is 3.34. The van der Waals surface area contributed by atoms with Crippen molar-refractivity contribution in [3.63, 3.8) is 0 Å². The molecule has 0 aliphatic carbocycles. The molecular weight excluding hydrogens is 339 g/mol. The SMILES string of the molecule is O=C1NC(=Nc2ccccc2)S[C@H]1c1ccc(-c2ccc(F)cc2)o1. The van der Waals surface area contributed by atoms with Gasteiger partial charge in [-0.2, -0.15) is 0 Å². The second-order valence-electron chi connectivity index (χ2n) is 5.45. The van der Waals surface area contributed by atoms with Crippen molar-refractivity contribution in [3.8, 4) is 11.3 Å². The molecule has 3 aromatic rings. The number of halogens is 1. The Kier molecular flexibility index (Phi) is 4.11. The molecule has 0 bridgehead atoms. The molecule has 1 atom stereocenters. The molecule has 1 saturated heterocycles. The van der Waals surface area contributed by atoms with E-state index in [1.165, 1.54) is 23.9 Å². The first-order chi connectivity index (χ1) is 12.2. The molecule has 0 saturated carbocycles. The van der Waals surface area contributed by atoms with E-state index in [9.17, 15) is 9.18 Å². The summed E-state index contributed by atoms with van der Waals surface area (Å²) >= 11 is 1.31. The van der Waals surface area contributed by atoms with E-state index in [1.807, 2.05) is 30.3 Å². The second kappa shape index (κ2) is 6.57. The number of carbonyl (C=O) groups is 1. The molecule has 1 amide bonds. The number of amidine groups is 1. The van der Waals surface area contributed by atoms with Gasteiger partial charge in [-0.25, -0.2) is 9.38 Å². The number of nitrogens with zero attached hydrogens (tertiary/aromatic N) is 1. The van der Waals surface area contributed by atoms with Crippen molar-refractivity contribution >= 4 is 28.5 Å². The standard InChI is InChI=1S/C19H13FN2O2S/c20-13-8-6-12(7-9-13)15-10-11-16(24-15)17-18(23)22-19(25-17)21-14-4-2-1-3-5-14/h1-11,17H,(H,21,22,23)/t17-/m0/s1. The lowest BCUT2D eigenvalue weighted by molar-refractivity contribution is -0.119. The fourth-order valence-corrected chi connectivity index (χ4v) is 3.44. The zero-order valence-corrected chi connectivity index (χ0v) is 13.8. The Balaban J connectivity index is 1.55. The minimum absolute atomic E-state index is 0.167. The third-order valence-corrected chi connectivity index (χ3v) is 4.80. The molecule has 1 aromatic heterocycles. The Hall–Kier alpha value is -2.86. The second-order valence-corrected chi connectivity index (χ2v) is 6.54. The van der Waals surface area contributed by atoms with Crippen LogP contribution >= 0.6 is 11.8 Å². The summed E-state index contributed by atoms with van der Waals surface area (Å²) in [4.78, 5) is 16.7. The summed E-state index contributed by atoms with van der Waals surface area (Å²) in [5, 5.41) is 2.83. The Morgan fingerprint density at radius 2 is 1.76 bits per heavy atom. The lowest BCUT2D eigenvalue weighted by atomic mass is 10.2. The van der Waals surface area contributed by atoms with Gasteiger partial charge in [0.05, 0.1) is 5.69 Å². The van der Waals surface area contributed by atoms with Gasteiger partial charge in [-0.15, -0.1) is 0 Å². The largest absolute Gasteiger partial charge is 0.459 e. The molecule has 25 heavy (non-hydrogen) atoms. The highest BCUT2D eigenvalue weighted by molar-refractivity contribution is 8.15. The molecule has 1 aliphatic heterocycles. The molecule has 0 spiro atoms. The highest BCUT2D eigenvalue weighted by Gasteiger charge is 2.34. The van der Waals surface area contributed by atoms with E-state index in [4.69, 9.17) is 4.42 Å². The summed E-state index contributed by atoms with van der Waals surface area (Å²) in [5.74, 6) is 0.666. The third-order valence-electron chi connectivity index (χ3n) is 3.70. The van der Waals surface area contributed by atoms with E-state index >= 15 is 0 Å². The molecule has 0 radical (unpaired) electrons. The summed E-state index contributed by atoms with van der Waals surface area (Å²) < 4.78 is 18.8. The van der Waals surface area contributed by atoms with E-state index in [-0.39, 0.29) is 11.7 Å². The first kappa shape index (κ1) is 15.7. The van der Waals surface area contributed by atoms with E-state index in [0.29, 0.717) is 16.7 Å². The molecule has 2 aromatic carbocycles. The lowest BCUT2D eigenvalue weighted by Gasteiger charge is -2.01. The molecule has 2 heterocycles. The molecule has 124 valence electrons. The van der Waals surface area contributed by atoms with E-state index in [0.717, 1.165) is 11.3 Å². The van der Waals surface area contributed by atoms with Crippen LogP contribution < -0.4 is 5.32 Å². The van der Waals surface area contributed by atoms with Crippen molar-refractivity contribution in [1.29, 1.82) is 0 Å². The molecule has 4 nitrogen and oxygen atoms in total. The topological polar surface area (TPSA) is 54.6 Å². The number of carbonyl (C=O) groups excluding carboxylic acids is 1. The Bertz CT molecular complexity index is 936. The first-order valence-corrected chi connectivity index (χ1v) is 8.54. The van der Waals surface area contributed by atoms with Gasteiger partial charge in [0.25, 0.3) is 0 Å². The number of para-hydroxylation sites is 1. The van der Waals surface area contributed by atoms with Crippen LogP contribution in [0.1, 0.15) is 11.0 Å². The fraction of sp³-hybridized carbons (Fsp3) is 0.0526. The summed E-state index contributed by atoms with van der Waals surface area (Å²) in [6.45, 7) is 0. The highest BCUT2D eigenvalue weighted by Crippen LogP contribution is 2.37. The van der Waals surface area contributed by atoms with Gasteiger partial charge in [-0.05, 0) is 48.5 Å². The molecule has 1 aliphatic rings. The number of rotatable bonds is 3. The zero-order chi connectivity index (χ0) is 17.2. The van der Waals surface area contributed by atoms with E-state index in [2.05, 4.69) is 10.3 Å². The van der Waals surface area contributed by atoms with Crippen molar-refractivity contribution in [2.75, 3.05) is 0 Å². The molecule has 4 rings (SSSR count). The predicted octanol–water partition coefficient (Wildman–Crippen LogP) is 4.68. The van der Waals surface area contributed by atoms with Crippen LogP contribution in [-0.4, -0.2) is 11.1 Å². The maximum Gasteiger partial charge on any atom is 0.247 e. The van der Waals surface area contributed by atoms with Gasteiger partial charge < -0.3 is 9.73 Å². The fourth-order valence-electron chi connectivity index (χ4n) is 2.49. The van der Waals surface area contributed by atoms with E-state index < -0.39 is 5.25 Å². The average molecular weight is 352 g/mol. The molecule has 1 fully saturated rings. The smallest absolute Gasteiger partial charge is 0.247 e. The molecule has 0 unspecified atom stereocenters. The Morgan fingerprint density at radius 1 is 1.00 bits per heavy atom. The van der Waals surface area contributed by atoms with Gasteiger partial charge in [0, 0.05) is 5.56 Å². The van der Waals surface area contributed by atoms with Crippen molar-refractivity contribution in [2.24, 2.45) is 4.99 Å². The van der Waals surface area contributed by atoms with Gasteiger partial charge in [0.1, 0.15) is 22.6 Å². The normalized spacial score (nSPS) is 18.5. The summed E-state index contributed by atoms with van der Waals surface area (Å²) in [6, 6.07) is 19.0. The summed E-state index contributed by atoms with van der Waals surface area (Å²) in [6.07, 6.45) is 0. The minimum atomic E-state index is -0.489. The van der Waals surface area contributed by atoms with Gasteiger partial charge >= 0.3 is 0 Å². The van der Waals surface area contributed by atoms with Crippen LogP contribution in [-0.2, 0) is 4.79 Å². The van der Waals surface area contributed by atoms with Gasteiger partial charge in [-0.3, -0.25) is 4.79 Å². The number of amides is 1. The van der Waals surface area contributed by atoms with E-state index in [1.54, 1.807) is 24.3 Å². The number of thioether (sulfide) groups is 1. The number of furan rings is 1. The van der Waals surface area contributed by atoms with Crippen LogP contribution in [0.3, 0.4) is 0 Å². The van der Waals surface area contributed by atoms with Crippen molar-refractivity contribution in [3.05, 3.63) is 78.3 Å². The first-order valence-electron chi connectivity index (χ1n) is 7.66. The van der Waals surface area contributed by atoms with Crippen LogP contribution in [0.2, 0.25) is 0 Å². The lowest BCUT2D eigenvalue weighted by Crippen LogP contribution is -2.21. The maximum absolute atomic E-state index is 13.0. The summed E-state index contributed by atoms with van der Waals surface area (Å²) in [7, 11) is 0. The maximum atomic E-state index is 13.0. The van der Waals surface area contributed by atoms with Crippen LogP contribution in [0, 0.1) is 5.82 Å².